The predicted octanol–water partition coefficient (Wildman–Crippen LogP) is 3.61. The number of nitrogens with one attached hydrogen (secondary N) is 3. The van der Waals surface area contributed by atoms with Gasteiger partial charge in [-0.3, -0.25) is 9.59 Å². The number of rotatable bonds is 6. The molecule has 0 unspecified atom stereocenters. The summed E-state index contributed by atoms with van der Waals surface area (Å²) in [5.41, 5.74) is 2.39. The van der Waals surface area contributed by atoms with Crippen molar-refractivity contribution in [1.29, 1.82) is 5.26 Å². The molecular formula is C19H17ClN4O2. The lowest BCUT2D eigenvalue weighted by molar-refractivity contribution is -0.117. The Balaban J connectivity index is 1.48. The lowest BCUT2D eigenvalue weighted by atomic mass is 10.2. The molecule has 0 aliphatic heterocycles. The molecule has 6 nitrogen and oxygen atoms in total. The van der Waals surface area contributed by atoms with E-state index < -0.39 is 0 Å². The Morgan fingerprint density at radius 2 is 1.69 bits per heavy atom. The minimum atomic E-state index is -0.239. The highest BCUT2D eigenvalue weighted by Gasteiger charge is 2.29. The van der Waals surface area contributed by atoms with E-state index in [1.54, 1.807) is 36.4 Å². The summed E-state index contributed by atoms with van der Waals surface area (Å²) in [4.78, 5) is 23.7. The summed E-state index contributed by atoms with van der Waals surface area (Å²) in [6, 6.07) is 13.9. The van der Waals surface area contributed by atoms with Gasteiger partial charge in [0.25, 0.3) is 0 Å². The van der Waals surface area contributed by atoms with Crippen molar-refractivity contribution < 1.29 is 9.59 Å². The van der Waals surface area contributed by atoms with Gasteiger partial charge in [0.1, 0.15) is 6.07 Å². The average molecular weight is 369 g/mol. The highest BCUT2D eigenvalue weighted by atomic mass is 35.5. The van der Waals surface area contributed by atoms with Gasteiger partial charge >= 0.3 is 0 Å². The molecule has 1 saturated carbocycles. The van der Waals surface area contributed by atoms with Crippen molar-refractivity contribution in [1.82, 2.24) is 0 Å². The monoisotopic (exact) mass is 368 g/mol. The summed E-state index contributed by atoms with van der Waals surface area (Å²) in [7, 11) is 0. The first-order valence-corrected chi connectivity index (χ1v) is 8.57. The SMILES string of the molecule is N#Cc1ccc(NC(=O)CNc2ccc(NC(=O)C3CC3)cc2)cc1Cl. The molecule has 2 aromatic rings. The zero-order chi connectivity index (χ0) is 18.5. The molecule has 0 radical (unpaired) electrons. The number of nitriles is 1. The summed E-state index contributed by atoms with van der Waals surface area (Å²) in [5, 5.41) is 17.7. The van der Waals surface area contributed by atoms with Crippen LogP contribution in [-0.4, -0.2) is 18.4 Å². The Hall–Kier alpha value is -3.04. The fourth-order valence-corrected chi connectivity index (χ4v) is 2.56. The van der Waals surface area contributed by atoms with Crippen LogP contribution in [0.2, 0.25) is 5.02 Å². The maximum absolute atomic E-state index is 12.0. The Kier molecular flexibility index (Phi) is 5.40. The highest BCUT2D eigenvalue weighted by molar-refractivity contribution is 6.32. The third-order valence-electron chi connectivity index (χ3n) is 3.93. The third-order valence-corrected chi connectivity index (χ3v) is 4.24. The molecule has 0 heterocycles. The third kappa shape index (κ3) is 4.74. The van der Waals surface area contributed by atoms with Gasteiger partial charge in [0.05, 0.1) is 17.1 Å². The fraction of sp³-hybridized carbons (Fsp3) is 0.211. The van der Waals surface area contributed by atoms with Crippen LogP contribution in [0.3, 0.4) is 0 Å². The van der Waals surface area contributed by atoms with Crippen molar-refractivity contribution >= 4 is 40.5 Å². The minimum Gasteiger partial charge on any atom is -0.376 e. The van der Waals surface area contributed by atoms with Gasteiger partial charge in [-0.25, -0.2) is 0 Å². The first-order chi connectivity index (χ1) is 12.5. The van der Waals surface area contributed by atoms with Crippen LogP contribution in [-0.2, 0) is 9.59 Å². The van der Waals surface area contributed by atoms with Crippen molar-refractivity contribution in [2.45, 2.75) is 12.8 Å². The number of carbonyl (C=O) groups is 2. The van der Waals surface area contributed by atoms with E-state index in [4.69, 9.17) is 16.9 Å². The maximum Gasteiger partial charge on any atom is 0.243 e. The highest BCUT2D eigenvalue weighted by Crippen LogP contribution is 2.30. The molecule has 3 rings (SSSR count). The zero-order valence-corrected chi connectivity index (χ0v) is 14.6. The maximum atomic E-state index is 12.0. The van der Waals surface area contributed by atoms with Gasteiger partial charge in [0, 0.05) is 23.0 Å². The zero-order valence-electron chi connectivity index (χ0n) is 13.9. The number of nitrogens with zero attached hydrogens (tertiary/aromatic N) is 1. The van der Waals surface area contributed by atoms with E-state index in [1.165, 1.54) is 6.07 Å². The second-order valence-electron chi connectivity index (χ2n) is 6.05. The van der Waals surface area contributed by atoms with Crippen molar-refractivity contribution in [3.8, 4) is 6.07 Å². The Bertz CT molecular complexity index is 870. The summed E-state index contributed by atoms with van der Waals surface area (Å²) < 4.78 is 0. The van der Waals surface area contributed by atoms with E-state index in [-0.39, 0.29) is 24.3 Å². The summed E-state index contributed by atoms with van der Waals surface area (Å²) >= 11 is 5.94. The largest absolute Gasteiger partial charge is 0.376 e. The molecular weight excluding hydrogens is 352 g/mol. The molecule has 1 fully saturated rings. The van der Waals surface area contributed by atoms with Crippen molar-refractivity contribution in [2.24, 2.45) is 5.92 Å². The lowest BCUT2D eigenvalue weighted by Gasteiger charge is -2.09. The number of amides is 2. The van der Waals surface area contributed by atoms with Crippen LogP contribution in [0, 0.1) is 17.2 Å². The van der Waals surface area contributed by atoms with E-state index in [9.17, 15) is 9.59 Å². The quantitative estimate of drug-likeness (QED) is 0.726. The average Bonchev–Trinajstić information content (AvgIpc) is 3.46. The molecule has 1 aliphatic carbocycles. The van der Waals surface area contributed by atoms with Crippen LogP contribution in [0.1, 0.15) is 18.4 Å². The van der Waals surface area contributed by atoms with E-state index >= 15 is 0 Å². The number of halogens is 1. The molecule has 0 aromatic heterocycles. The van der Waals surface area contributed by atoms with E-state index in [0.29, 0.717) is 16.3 Å². The summed E-state index contributed by atoms with van der Waals surface area (Å²) in [6.07, 6.45) is 1.93. The molecule has 3 N–H and O–H groups in total. The molecule has 0 atom stereocenters. The van der Waals surface area contributed by atoms with E-state index in [2.05, 4.69) is 16.0 Å². The van der Waals surface area contributed by atoms with E-state index in [1.807, 2.05) is 6.07 Å². The molecule has 0 spiro atoms. The van der Waals surface area contributed by atoms with Crippen LogP contribution in [0.15, 0.2) is 42.5 Å². The van der Waals surface area contributed by atoms with Gasteiger partial charge in [0.2, 0.25) is 11.8 Å². The van der Waals surface area contributed by atoms with Gasteiger partial charge in [-0.15, -0.1) is 0 Å². The first-order valence-electron chi connectivity index (χ1n) is 8.19. The molecule has 7 heteroatoms. The van der Waals surface area contributed by atoms with Crippen LogP contribution in [0.25, 0.3) is 0 Å². The van der Waals surface area contributed by atoms with E-state index in [0.717, 1.165) is 24.2 Å². The predicted molar refractivity (Wildman–Crippen MR) is 101 cm³/mol. The standard InChI is InChI=1S/C19H17ClN4O2/c20-17-9-16(4-3-13(17)10-21)23-18(25)11-22-14-5-7-15(8-6-14)24-19(26)12-1-2-12/h3-9,12,22H,1-2,11H2,(H,23,25)(H,24,26). The smallest absolute Gasteiger partial charge is 0.243 e. The molecule has 0 saturated heterocycles. The Morgan fingerprint density at radius 3 is 2.31 bits per heavy atom. The van der Waals surface area contributed by atoms with Gasteiger partial charge < -0.3 is 16.0 Å². The van der Waals surface area contributed by atoms with Crippen molar-refractivity contribution in [2.75, 3.05) is 22.5 Å². The van der Waals surface area contributed by atoms with Gasteiger partial charge in [-0.05, 0) is 55.3 Å². The number of hydrogen-bond donors (Lipinski definition) is 3. The molecule has 2 amide bonds. The van der Waals surface area contributed by atoms with Gasteiger partial charge in [-0.2, -0.15) is 5.26 Å². The molecule has 26 heavy (non-hydrogen) atoms. The van der Waals surface area contributed by atoms with Crippen molar-refractivity contribution in [3.05, 3.63) is 53.1 Å². The molecule has 1 aliphatic rings. The van der Waals surface area contributed by atoms with Crippen LogP contribution >= 0.6 is 11.6 Å². The number of hydrogen-bond acceptors (Lipinski definition) is 4. The van der Waals surface area contributed by atoms with Gasteiger partial charge in [-0.1, -0.05) is 11.6 Å². The molecule has 132 valence electrons. The number of anilines is 3. The molecule has 0 bridgehead atoms. The van der Waals surface area contributed by atoms with Crippen LogP contribution in [0.5, 0.6) is 0 Å². The van der Waals surface area contributed by atoms with Gasteiger partial charge in [0.15, 0.2) is 0 Å². The summed E-state index contributed by atoms with van der Waals surface area (Å²) in [5.74, 6) is -0.0183. The minimum absolute atomic E-state index is 0.0613. The Morgan fingerprint density at radius 1 is 1.04 bits per heavy atom. The normalized spacial score (nSPS) is 12.8. The van der Waals surface area contributed by atoms with Crippen LogP contribution < -0.4 is 16.0 Å². The topological polar surface area (TPSA) is 94.0 Å². The number of benzene rings is 2. The lowest BCUT2D eigenvalue weighted by Crippen LogP contribution is -2.21. The second kappa shape index (κ2) is 7.89. The number of carbonyl (C=O) groups excluding carboxylic acids is 2. The van der Waals surface area contributed by atoms with Crippen LogP contribution in [0.4, 0.5) is 17.1 Å². The Labute approximate surface area is 156 Å². The first kappa shape index (κ1) is 17.8. The van der Waals surface area contributed by atoms with Crippen molar-refractivity contribution in [3.63, 3.8) is 0 Å². The second-order valence-corrected chi connectivity index (χ2v) is 6.46. The summed E-state index contributed by atoms with van der Waals surface area (Å²) in [6.45, 7) is 0.0748. The molecule has 2 aromatic carbocycles. The fourth-order valence-electron chi connectivity index (χ4n) is 2.33.